The van der Waals surface area contributed by atoms with Crippen LogP contribution in [0.2, 0.25) is 0 Å². The van der Waals surface area contributed by atoms with E-state index in [1.54, 1.807) is 36.5 Å². The lowest BCUT2D eigenvalue weighted by atomic mass is 10.2. The largest absolute Gasteiger partial charge is 0.465 e. The van der Waals surface area contributed by atoms with E-state index in [0.29, 0.717) is 17.2 Å². The highest BCUT2D eigenvalue weighted by Crippen LogP contribution is 2.27. The molecule has 2 aromatic heterocycles. The number of rotatable bonds is 5. The van der Waals surface area contributed by atoms with E-state index >= 15 is 0 Å². The molecule has 0 radical (unpaired) electrons. The Morgan fingerprint density at radius 1 is 1.42 bits per heavy atom. The Balaban J connectivity index is 1.48. The molecule has 7 nitrogen and oxygen atoms in total. The van der Waals surface area contributed by atoms with Crippen LogP contribution in [0.15, 0.2) is 28.8 Å². The van der Waals surface area contributed by atoms with Gasteiger partial charge in [0.2, 0.25) is 5.89 Å². The van der Waals surface area contributed by atoms with Gasteiger partial charge in [-0.3, -0.25) is 0 Å². The first-order valence-electron chi connectivity index (χ1n) is 8.44. The van der Waals surface area contributed by atoms with Gasteiger partial charge in [-0.15, -0.1) is 11.3 Å². The van der Waals surface area contributed by atoms with Crippen molar-refractivity contribution in [3.8, 4) is 5.75 Å². The molecule has 4 rings (SSSR count). The normalized spacial score (nSPS) is 19.2. The van der Waals surface area contributed by atoms with Crippen LogP contribution in [-0.2, 0) is 4.84 Å². The van der Waals surface area contributed by atoms with Crippen LogP contribution in [0.1, 0.15) is 41.6 Å². The van der Waals surface area contributed by atoms with Gasteiger partial charge in [-0.2, -0.15) is 5.48 Å². The van der Waals surface area contributed by atoms with Crippen molar-refractivity contribution >= 4 is 34.6 Å². The summed E-state index contributed by atoms with van der Waals surface area (Å²) < 4.78 is 11.0. The maximum Gasteiger partial charge on any atom is 0.220 e. The molecule has 2 atom stereocenters. The first-order chi connectivity index (χ1) is 12.7. The first-order valence-corrected chi connectivity index (χ1v) is 9.25. The number of fused-ring (bicyclic) bond motifs is 1. The summed E-state index contributed by atoms with van der Waals surface area (Å²) in [5, 5.41) is 10.3. The minimum Gasteiger partial charge on any atom is -0.465 e. The summed E-state index contributed by atoms with van der Waals surface area (Å²) in [6.07, 6.45) is 6.77. The number of aromatic nitrogens is 2. The first kappa shape index (κ1) is 17.2. The van der Waals surface area contributed by atoms with Crippen molar-refractivity contribution in [2.45, 2.75) is 32.1 Å². The number of hydroxylamine groups is 1. The molecule has 26 heavy (non-hydrogen) atoms. The van der Waals surface area contributed by atoms with Gasteiger partial charge in [0.05, 0.1) is 12.6 Å². The third-order valence-electron chi connectivity index (χ3n) is 3.88. The number of aliphatic hydroxyl groups is 1. The van der Waals surface area contributed by atoms with Gasteiger partial charge in [0.1, 0.15) is 16.3 Å². The minimum atomic E-state index is -0.876. The summed E-state index contributed by atoms with van der Waals surface area (Å²) in [6.45, 7) is 2.30. The lowest BCUT2D eigenvalue weighted by molar-refractivity contribution is -0.0195. The van der Waals surface area contributed by atoms with Gasteiger partial charge >= 0.3 is 0 Å². The number of nitrogens with one attached hydrogen (secondary N) is 1. The van der Waals surface area contributed by atoms with Crippen LogP contribution in [-0.4, -0.2) is 28.0 Å². The van der Waals surface area contributed by atoms with Crippen molar-refractivity contribution in [2.24, 2.45) is 0 Å². The number of thiazole rings is 1. The summed E-state index contributed by atoms with van der Waals surface area (Å²) in [6, 6.07) is 5.42. The maximum absolute atomic E-state index is 9.29. The molecule has 2 unspecified atom stereocenters. The van der Waals surface area contributed by atoms with Crippen molar-refractivity contribution in [3.05, 3.63) is 40.2 Å². The highest BCUT2D eigenvalue weighted by molar-refractivity contribution is 7.12. The summed E-state index contributed by atoms with van der Waals surface area (Å²) in [4.78, 5) is 15.2. The van der Waals surface area contributed by atoms with E-state index in [2.05, 4.69) is 15.4 Å². The zero-order valence-electron chi connectivity index (χ0n) is 14.2. The molecule has 3 aromatic rings. The second-order valence-corrected chi connectivity index (χ2v) is 7.09. The quantitative estimate of drug-likeness (QED) is 0.661. The Morgan fingerprint density at radius 2 is 2.35 bits per heavy atom. The average Bonchev–Trinajstić information content (AvgIpc) is 3.26. The predicted molar refractivity (Wildman–Crippen MR) is 98.4 cm³/mol. The lowest BCUT2D eigenvalue weighted by Gasteiger charge is -2.20. The molecular weight excluding hydrogens is 354 g/mol. The van der Waals surface area contributed by atoms with E-state index in [1.165, 1.54) is 0 Å². The van der Waals surface area contributed by atoms with Gasteiger partial charge in [-0.25, -0.2) is 9.97 Å². The Kier molecular flexibility index (Phi) is 4.98. The fourth-order valence-corrected chi connectivity index (χ4v) is 3.61. The molecule has 1 saturated heterocycles. The smallest absolute Gasteiger partial charge is 0.220 e. The molecular formula is C18H19N3O4S. The highest BCUT2D eigenvalue weighted by Gasteiger charge is 2.18. The molecule has 136 valence electrons. The van der Waals surface area contributed by atoms with Crippen LogP contribution in [0.3, 0.4) is 0 Å². The average molecular weight is 373 g/mol. The molecule has 2 N–H and O–H groups in total. The van der Waals surface area contributed by atoms with Gasteiger partial charge in [-0.05, 0) is 38.0 Å². The molecule has 1 aliphatic heterocycles. The highest BCUT2D eigenvalue weighted by atomic mass is 32.1. The number of aliphatic hydroxyl groups excluding tert-OH is 1. The predicted octanol–water partition coefficient (Wildman–Crippen LogP) is 3.53. The number of ether oxygens (including phenoxy) is 1. The minimum absolute atomic E-state index is 0.160. The monoisotopic (exact) mass is 373 g/mol. The standard InChI is InChI=1S/C18H19N3O4S/c1-11(22)24-12-4-6-14-16(9-12)25-17(20-14)7-5-13-10-19-18(26-13)15-3-2-8-23-21-15/h4-7,9-11,15,21-22H,2-3,8H2,1H3. The second kappa shape index (κ2) is 7.55. The molecule has 0 saturated carbocycles. The summed E-state index contributed by atoms with van der Waals surface area (Å²) in [7, 11) is 0. The number of hydrogen-bond acceptors (Lipinski definition) is 8. The third kappa shape index (κ3) is 3.94. The number of oxazole rings is 1. The van der Waals surface area contributed by atoms with Crippen LogP contribution in [0.25, 0.3) is 23.3 Å². The summed E-state index contributed by atoms with van der Waals surface area (Å²) >= 11 is 1.62. The molecule has 0 bridgehead atoms. The SMILES string of the molecule is CC(O)Oc1ccc2nc(C=Cc3cnc(C4CCCON4)s3)oc2c1. The number of nitrogens with zero attached hydrogens (tertiary/aromatic N) is 2. The van der Waals surface area contributed by atoms with Crippen LogP contribution < -0.4 is 10.2 Å². The summed E-state index contributed by atoms with van der Waals surface area (Å²) in [5.41, 5.74) is 4.36. The molecule has 3 heterocycles. The molecule has 1 aliphatic rings. The van der Waals surface area contributed by atoms with Crippen molar-refractivity contribution in [1.82, 2.24) is 15.4 Å². The Labute approximate surface area is 154 Å². The fourth-order valence-electron chi connectivity index (χ4n) is 2.71. The zero-order valence-corrected chi connectivity index (χ0v) is 15.0. The van der Waals surface area contributed by atoms with Gasteiger partial charge in [0.25, 0.3) is 0 Å². The zero-order chi connectivity index (χ0) is 17.9. The van der Waals surface area contributed by atoms with E-state index in [4.69, 9.17) is 14.0 Å². The van der Waals surface area contributed by atoms with Crippen LogP contribution >= 0.6 is 11.3 Å². The lowest BCUT2D eigenvalue weighted by Crippen LogP contribution is -2.27. The van der Waals surface area contributed by atoms with Crippen LogP contribution in [0.5, 0.6) is 5.75 Å². The maximum atomic E-state index is 9.29. The van der Waals surface area contributed by atoms with Gasteiger partial charge < -0.3 is 19.1 Å². The van der Waals surface area contributed by atoms with Crippen molar-refractivity contribution < 1.29 is 19.1 Å². The second-order valence-electron chi connectivity index (χ2n) is 5.99. The van der Waals surface area contributed by atoms with Crippen molar-refractivity contribution in [2.75, 3.05) is 6.61 Å². The van der Waals surface area contributed by atoms with Gasteiger partial charge in [0, 0.05) is 23.2 Å². The molecule has 0 spiro atoms. The van der Waals surface area contributed by atoms with E-state index in [-0.39, 0.29) is 6.04 Å². The van der Waals surface area contributed by atoms with Gasteiger partial charge in [0.15, 0.2) is 11.9 Å². The molecule has 0 aliphatic carbocycles. The Bertz CT molecular complexity index is 912. The summed E-state index contributed by atoms with van der Waals surface area (Å²) in [5.74, 6) is 1.04. The topological polar surface area (TPSA) is 89.6 Å². The molecule has 1 fully saturated rings. The van der Waals surface area contributed by atoms with E-state index in [0.717, 1.165) is 34.8 Å². The van der Waals surface area contributed by atoms with E-state index < -0.39 is 6.29 Å². The molecule has 8 heteroatoms. The number of hydrogen-bond donors (Lipinski definition) is 2. The molecule has 0 amide bonds. The molecule has 1 aromatic carbocycles. The Hall–Kier alpha value is -2.26. The van der Waals surface area contributed by atoms with Crippen molar-refractivity contribution in [3.63, 3.8) is 0 Å². The van der Waals surface area contributed by atoms with Gasteiger partial charge in [-0.1, -0.05) is 0 Å². The van der Waals surface area contributed by atoms with E-state index in [9.17, 15) is 5.11 Å². The van der Waals surface area contributed by atoms with Crippen LogP contribution in [0, 0.1) is 0 Å². The Morgan fingerprint density at radius 3 is 3.15 bits per heavy atom. The van der Waals surface area contributed by atoms with E-state index in [1.807, 2.05) is 18.3 Å². The van der Waals surface area contributed by atoms with Crippen molar-refractivity contribution in [1.29, 1.82) is 0 Å². The third-order valence-corrected chi connectivity index (χ3v) is 4.95. The number of benzene rings is 1. The fraction of sp³-hybridized carbons (Fsp3) is 0.333. The van der Waals surface area contributed by atoms with Crippen LogP contribution in [0.4, 0.5) is 0 Å².